The number of benzene rings is 1. The van der Waals surface area contributed by atoms with Crippen molar-refractivity contribution in [2.24, 2.45) is 5.84 Å². The third-order valence-corrected chi connectivity index (χ3v) is 3.03. The van der Waals surface area contributed by atoms with Crippen LogP contribution in [0.4, 0.5) is 11.8 Å². The normalized spacial score (nSPS) is 10.2. The molecule has 0 aliphatic heterocycles. The van der Waals surface area contributed by atoms with Crippen LogP contribution in [0.2, 0.25) is 5.02 Å². The van der Waals surface area contributed by atoms with Crippen LogP contribution in [0.3, 0.4) is 0 Å². The summed E-state index contributed by atoms with van der Waals surface area (Å²) in [4.78, 5) is 8.05. The molecule has 0 atom stereocenters. The molecule has 0 saturated heterocycles. The number of hydrogen-bond acceptors (Lipinski definition) is 6. The number of hydrogen-bond donors (Lipinski definition) is 3. The number of anilines is 2. The molecule has 6 nitrogen and oxygen atoms in total. The van der Waals surface area contributed by atoms with Crippen molar-refractivity contribution in [2.45, 2.75) is 6.42 Å². The van der Waals surface area contributed by atoms with Crippen molar-refractivity contribution in [3.63, 3.8) is 0 Å². The number of methoxy groups -OCH3 is 1. The summed E-state index contributed by atoms with van der Waals surface area (Å²) in [6.45, 7) is 0.668. The predicted molar refractivity (Wildman–Crippen MR) is 80.0 cm³/mol. The Hall–Kier alpha value is -2.05. The first-order valence-corrected chi connectivity index (χ1v) is 6.47. The Bertz CT molecular complexity index is 578. The van der Waals surface area contributed by atoms with Gasteiger partial charge in [0.15, 0.2) is 5.82 Å². The second kappa shape index (κ2) is 6.93. The van der Waals surface area contributed by atoms with Crippen LogP contribution in [-0.2, 0) is 6.42 Å². The average molecular weight is 294 g/mol. The molecule has 0 aliphatic carbocycles. The lowest BCUT2D eigenvalue weighted by molar-refractivity contribution is 0.410. The SMILES string of the molecule is COc1ccccc1CCNc1nc(NN)ncc1Cl. The summed E-state index contributed by atoms with van der Waals surface area (Å²) in [5.74, 6) is 6.99. The van der Waals surface area contributed by atoms with Crippen LogP contribution < -0.4 is 21.3 Å². The largest absolute Gasteiger partial charge is 0.496 e. The van der Waals surface area contributed by atoms with Crippen molar-refractivity contribution in [3.8, 4) is 5.75 Å². The smallest absolute Gasteiger partial charge is 0.239 e. The second-order valence-electron chi connectivity index (χ2n) is 4.02. The zero-order valence-corrected chi connectivity index (χ0v) is 11.8. The standard InChI is InChI=1S/C13H16ClN5O/c1-20-11-5-3-2-4-9(11)6-7-16-12-10(14)8-17-13(18-12)19-15/h2-5,8H,6-7,15H2,1H3,(H2,16,17,18,19). The van der Waals surface area contributed by atoms with Crippen molar-refractivity contribution in [1.29, 1.82) is 0 Å². The molecule has 1 aromatic carbocycles. The lowest BCUT2D eigenvalue weighted by Crippen LogP contribution is -2.13. The number of nitrogens with zero attached hydrogens (tertiary/aromatic N) is 2. The summed E-state index contributed by atoms with van der Waals surface area (Å²) in [5.41, 5.74) is 3.50. The van der Waals surface area contributed by atoms with Crippen LogP contribution in [0.25, 0.3) is 0 Å². The molecule has 0 fully saturated rings. The minimum Gasteiger partial charge on any atom is -0.496 e. The number of ether oxygens (including phenoxy) is 1. The quantitative estimate of drug-likeness (QED) is 0.558. The molecule has 0 spiro atoms. The van der Waals surface area contributed by atoms with Crippen molar-refractivity contribution < 1.29 is 4.74 Å². The van der Waals surface area contributed by atoms with Crippen molar-refractivity contribution in [2.75, 3.05) is 24.4 Å². The first kappa shape index (κ1) is 14.4. The van der Waals surface area contributed by atoms with E-state index in [1.165, 1.54) is 6.20 Å². The molecule has 7 heteroatoms. The zero-order chi connectivity index (χ0) is 14.4. The molecule has 0 aliphatic rings. The number of aromatic nitrogens is 2. The molecule has 20 heavy (non-hydrogen) atoms. The number of para-hydroxylation sites is 1. The molecule has 1 heterocycles. The van der Waals surface area contributed by atoms with Crippen LogP contribution in [0.5, 0.6) is 5.75 Å². The third-order valence-electron chi connectivity index (χ3n) is 2.75. The zero-order valence-electron chi connectivity index (χ0n) is 11.1. The topological polar surface area (TPSA) is 85.1 Å². The minimum atomic E-state index is 0.314. The number of halogens is 1. The Balaban J connectivity index is 1.99. The van der Waals surface area contributed by atoms with Gasteiger partial charge in [-0.3, -0.25) is 5.43 Å². The summed E-state index contributed by atoms with van der Waals surface area (Å²) < 4.78 is 5.30. The van der Waals surface area contributed by atoms with Crippen LogP contribution in [0.1, 0.15) is 5.56 Å². The van der Waals surface area contributed by atoms with Gasteiger partial charge in [-0.25, -0.2) is 10.8 Å². The van der Waals surface area contributed by atoms with Gasteiger partial charge in [-0.1, -0.05) is 29.8 Å². The van der Waals surface area contributed by atoms with E-state index >= 15 is 0 Å². The summed E-state index contributed by atoms with van der Waals surface area (Å²) in [5, 5.41) is 3.60. The lowest BCUT2D eigenvalue weighted by Gasteiger charge is -2.10. The van der Waals surface area contributed by atoms with Gasteiger partial charge in [0.25, 0.3) is 0 Å². The molecule has 0 saturated carbocycles. The van der Waals surface area contributed by atoms with E-state index in [2.05, 4.69) is 20.7 Å². The highest BCUT2D eigenvalue weighted by Gasteiger charge is 2.05. The molecule has 106 valence electrons. The first-order chi connectivity index (χ1) is 9.74. The molecule has 0 unspecified atom stereocenters. The monoisotopic (exact) mass is 293 g/mol. The van der Waals surface area contributed by atoms with Gasteiger partial charge in [0.2, 0.25) is 5.95 Å². The Morgan fingerprint density at radius 3 is 2.90 bits per heavy atom. The fourth-order valence-electron chi connectivity index (χ4n) is 1.79. The summed E-state index contributed by atoms with van der Waals surface area (Å²) in [6.07, 6.45) is 2.28. The maximum atomic E-state index is 6.01. The van der Waals surface area contributed by atoms with E-state index in [0.717, 1.165) is 17.7 Å². The molecule has 0 bridgehead atoms. The average Bonchev–Trinajstić information content (AvgIpc) is 2.49. The van der Waals surface area contributed by atoms with Crippen molar-refractivity contribution >= 4 is 23.4 Å². The number of nitrogens with one attached hydrogen (secondary N) is 2. The first-order valence-electron chi connectivity index (χ1n) is 6.09. The van der Waals surface area contributed by atoms with Crippen LogP contribution in [-0.4, -0.2) is 23.6 Å². The van der Waals surface area contributed by atoms with Crippen LogP contribution >= 0.6 is 11.6 Å². The van der Waals surface area contributed by atoms with Crippen LogP contribution in [0, 0.1) is 0 Å². The highest BCUT2D eigenvalue weighted by Crippen LogP contribution is 2.20. The maximum Gasteiger partial charge on any atom is 0.239 e. The molecule has 4 N–H and O–H groups in total. The molecule has 0 amide bonds. The van der Waals surface area contributed by atoms with Gasteiger partial charge in [-0.05, 0) is 18.1 Å². The predicted octanol–water partition coefficient (Wildman–Crippen LogP) is 2.08. The highest BCUT2D eigenvalue weighted by molar-refractivity contribution is 6.32. The van der Waals surface area contributed by atoms with Gasteiger partial charge < -0.3 is 10.1 Å². The molecule has 1 aromatic heterocycles. The van der Waals surface area contributed by atoms with E-state index in [-0.39, 0.29) is 0 Å². The van der Waals surface area contributed by atoms with E-state index < -0.39 is 0 Å². The molecule has 0 radical (unpaired) electrons. The van der Waals surface area contributed by atoms with Crippen molar-refractivity contribution in [3.05, 3.63) is 41.0 Å². The molecule has 2 aromatic rings. The van der Waals surface area contributed by atoms with Gasteiger partial charge in [0.1, 0.15) is 10.8 Å². The molecular weight excluding hydrogens is 278 g/mol. The number of nitrogen functional groups attached to an aromatic ring is 1. The van der Waals surface area contributed by atoms with Crippen molar-refractivity contribution in [1.82, 2.24) is 9.97 Å². The maximum absolute atomic E-state index is 6.01. The van der Waals surface area contributed by atoms with E-state index in [1.54, 1.807) is 7.11 Å². The Kier molecular flexibility index (Phi) is 4.97. The fraction of sp³-hybridized carbons (Fsp3) is 0.231. The Morgan fingerprint density at radius 2 is 2.15 bits per heavy atom. The third kappa shape index (κ3) is 3.49. The molecular formula is C13H16ClN5O. The minimum absolute atomic E-state index is 0.314. The van der Waals surface area contributed by atoms with Gasteiger partial charge in [0.05, 0.1) is 13.3 Å². The summed E-state index contributed by atoms with van der Waals surface area (Å²) in [7, 11) is 1.66. The summed E-state index contributed by atoms with van der Waals surface area (Å²) >= 11 is 6.01. The Morgan fingerprint density at radius 1 is 1.35 bits per heavy atom. The second-order valence-corrected chi connectivity index (χ2v) is 4.43. The summed E-state index contributed by atoms with van der Waals surface area (Å²) in [6, 6.07) is 7.88. The number of rotatable bonds is 6. The number of hydrazine groups is 1. The van der Waals surface area contributed by atoms with Gasteiger partial charge in [-0.2, -0.15) is 4.98 Å². The number of nitrogens with two attached hydrogens (primary N) is 1. The van der Waals surface area contributed by atoms with E-state index in [1.807, 2.05) is 24.3 Å². The van der Waals surface area contributed by atoms with Gasteiger partial charge in [0, 0.05) is 6.54 Å². The highest BCUT2D eigenvalue weighted by atomic mass is 35.5. The van der Waals surface area contributed by atoms with E-state index in [0.29, 0.717) is 23.3 Å². The lowest BCUT2D eigenvalue weighted by atomic mass is 10.1. The van der Waals surface area contributed by atoms with E-state index in [4.69, 9.17) is 22.2 Å². The van der Waals surface area contributed by atoms with Gasteiger partial charge in [-0.15, -0.1) is 0 Å². The van der Waals surface area contributed by atoms with Crippen LogP contribution in [0.15, 0.2) is 30.5 Å². The fourth-order valence-corrected chi connectivity index (χ4v) is 1.94. The van der Waals surface area contributed by atoms with E-state index in [9.17, 15) is 0 Å². The molecule has 2 rings (SSSR count). The van der Waals surface area contributed by atoms with Gasteiger partial charge >= 0.3 is 0 Å². The Labute approximate surface area is 122 Å².